The first-order valence-corrected chi connectivity index (χ1v) is 9.41. The van der Waals surface area contributed by atoms with Crippen molar-refractivity contribution >= 4 is 27.8 Å². The summed E-state index contributed by atoms with van der Waals surface area (Å²) in [4.78, 5) is 4.90. The van der Waals surface area contributed by atoms with Crippen molar-refractivity contribution in [1.29, 1.82) is 5.26 Å². The van der Waals surface area contributed by atoms with Crippen LogP contribution in [0.2, 0.25) is 0 Å². The molecule has 5 nitrogen and oxygen atoms in total. The Morgan fingerprint density at radius 3 is 2.82 bits per heavy atom. The molecule has 7 heteroatoms. The zero-order valence-corrected chi connectivity index (χ0v) is 15.7. The van der Waals surface area contributed by atoms with Gasteiger partial charge in [-0.3, -0.25) is 0 Å². The van der Waals surface area contributed by atoms with Gasteiger partial charge in [-0.05, 0) is 36.8 Å². The van der Waals surface area contributed by atoms with Gasteiger partial charge in [0, 0.05) is 5.39 Å². The van der Waals surface area contributed by atoms with E-state index in [1.54, 1.807) is 36.4 Å². The van der Waals surface area contributed by atoms with E-state index in [4.69, 9.17) is 9.47 Å². The predicted octanol–water partition coefficient (Wildman–Crippen LogP) is 5.07. The fraction of sp³-hybridized carbons (Fsp3) is 0.143. The minimum Gasteiger partial charge on any atom is -0.508 e. The molecule has 2 heterocycles. The lowest BCUT2D eigenvalue weighted by Crippen LogP contribution is -2.14. The van der Waals surface area contributed by atoms with Gasteiger partial charge in [0.2, 0.25) is 5.88 Å². The third-order valence-electron chi connectivity index (χ3n) is 4.39. The first-order valence-electron chi connectivity index (χ1n) is 8.60. The lowest BCUT2D eigenvalue weighted by molar-refractivity contribution is 0.336. The van der Waals surface area contributed by atoms with E-state index in [-0.39, 0.29) is 17.4 Å². The van der Waals surface area contributed by atoms with Gasteiger partial charge in [0.25, 0.3) is 0 Å². The summed E-state index contributed by atoms with van der Waals surface area (Å²) in [5, 5.41) is 20.1. The molecule has 0 amide bonds. The topological polar surface area (TPSA) is 74.8 Å². The van der Waals surface area contributed by atoms with E-state index in [0.29, 0.717) is 28.0 Å². The Bertz CT molecular complexity index is 1140. The fourth-order valence-electron chi connectivity index (χ4n) is 3.13. The number of nitriles is 1. The number of halogens is 1. The second-order valence-electron chi connectivity index (χ2n) is 6.06. The van der Waals surface area contributed by atoms with E-state index < -0.39 is 5.92 Å². The number of thiophene rings is 1. The summed E-state index contributed by atoms with van der Waals surface area (Å²) in [6.07, 6.45) is 1.24. The number of aliphatic imine (C=N–C) groups is 1. The normalized spacial score (nSPS) is 16.1. The van der Waals surface area contributed by atoms with Crippen molar-refractivity contribution in [2.75, 3.05) is 6.61 Å². The van der Waals surface area contributed by atoms with Crippen LogP contribution >= 0.6 is 11.3 Å². The predicted molar refractivity (Wildman–Crippen MR) is 105 cm³/mol. The number of allylic oxidation sites excluding steroid dienone is 1. The Hall–Kier alpha value is -3.37. The second-order valence-corrected chi connectivity index (χ2v) is 7.11. The maximum absolute atomic E-state index is 14.4. The van der Waals surface area contributed by atoms with Crippen molar-refractivity contribution in [3.63, 3.8) is 0 Å². The van der Waals surface area contributed by atoms with Crippen LogP contribution in [0, 0.1) is 17.1 Å². The summed E-state index contributed by atoms with van der Waals surface area (Å²) < 4.78 is 25.9. The maximum atomic E-state index is 14.4. The van der Waals surface area contributed by atoms with Gasteiger partial charge in [0.1, 0.15) is 23.2 Å². The van der Waals surface area contributed by atoms with E-state index in [2.05, 4.69) is 11.1 Å². The first kappa shape index (κ1) is 18.0. The summed E-state index contributed by atoms with van der Waals surface area (Å²) in [6.45, 7) is 2.25. The van der Waals surface area contributed by atoms with E-state index in [1.165, 1.54) is 23.8 Å². The smallest absolute Gasteiger partial charge is 0.236 e. The van der Waals surface area contributed by atoms with Crippen molar-refractivity contribution in [3.05, 3.63) is 70.2 Å². The molecular formula is C21H15FN2O3S. The molecule has 1 aliphatic heterocycles. The van der Waals surface area contributed by atoms with Crippen LogP contribution in [-0.4, -0.2) is 18.1 Å². The van der Waals surface area contributed by atoms with Crippen LogP contribution in [0.1, 0.15) is 23.3 Å². The highest BCUT2D eigenvalue weighted by Crippen LogP contribution is 2.51. The number of benzene rings is 2. The minimum atomic E-state index is -0.486. The highest BCUT2D eigenvalue weighted by Gasteiger charge is 2.35. The number of hydrogen-bond donors (Lipinski definition) is 1. The van der Waals surface area contributed by atoms with E-state index in [1.807, 2.05) is 6.92 Å². The highest BCUT2D eigenvalue weighted by molar-refractivity contribution is 7.19. The molecule has 1 aromatic heterocycles. The molecular weight excluding hydrogens is 379 g/mol. The maximum Gasteiger partial charge on any atom is 0.236 e. The molecule has 28 heavy (non-hydrogen) atoms. The van der Waals surface area contributed by atoms with E-state index in [9.17, 15) is 14.8 Å². The van der Waals surface area contributed by atoms with Crippen LogP contribution < -0.4 is 4.74 Å². The van der Waals surface area contributed by atoms with Crippen molar-refractivity contribution in [2.24, 2.45) is 4.99 Å². The molecule has 0 fully saturated rings. The lowest BCUT2D eigenvalue weighted by Gasteiger charge is -2.23. The molecule has 0 radical (unpaired) electrons. The molecule has 1 unspecified atom stereocenters. The molecule has 140 valence electrons. The number of phenols is 1. The van der Waals surface area contributed by atoms with Gasteiger partial charge in [-0.1, -0.05) is 18.2 Å². The van der Waals surface area contributed by atoms with Gasteiger partial charge >= 0.3 is 0 Å². The average molecular weight is 394 g/mol. The summed E-state index contributed by atoms with van der Waals surface area (Å²) in [5.41, 5.74) is 1.07. The van der Waals surface area contributed by atoms with Gasteiger partial charge in [-0.15, -0.1) is 11.3 Å². The molecule has 1 atom stereocenters. The number of aromatic hydroxyl groups is 1. The molecule has 0 aliphatic carbocycles. The minimum absolute atomic E-state index is 0.116. The lowest BCUT2D eigenvalue weighted by atomic mass is 9.88. The Morgan fingerprint density at radius 2 is 2.11 bits per heavy atom. The van der Waals surface area contributed by atoms with Crippen molar-refractivity contribution in [2.45, 2.75) is 12.8 Å². The van der Waals surface area contributed by atoms with Crippen molar-refractivity contribution in [3.8, 4) is 17.6 Å². The van der Waals surface area contributed by atoms with Gasteiger partial charge < -0.3 is 14.6 Å². The summed E-state index contributed by atoms with van der Waals surface area (Å²) in [5.74, 6) is -0.107. The third-order valence-corrected chi connectivity index (χ3v) is 5.65. The molecule has 4 rings (SSSR count). The van der Waals surface area contributed by atoms with Gasteiger partial charge in [0.05, 0.1) is 22.1 Å². The SMILES string of the molecule is CCO/C=N/C1=C(C#N)C(c2ccc(O)cc2)c2sc3c(F)cccc3c2O1. The van der Waals surface area contributed by atoms with Crippen LogP contribution in [0.4, 0.5) is 4.39 Å². The molecule has 1 aliphatic rings. The fourth-order valence-corrected chi connectivity index (χ4v) is 4.41. The Balaban J connectivity index is 1.96. The monoisotopic (exact) mass is 394 g/mol. The zero-order valence-electron chi connectivity index (χ0n) is 14.8. The average Bonchev–Trinajstić information content (AvgIpc) is 3.07. The Labute approximate surface area is 164 Å². The number of rotatable bonds is 4. The Morgan fingerprint density at radius 1 is 1.32 bits per heavy atom. The molecule has 0 spiro atoms. The van der Waals surface area contributed by atoms with Gasteiger partial charge in [0.15, 0.2) is 12.2 Å². The molecule has 0 saturated heterocycles. The number of hydrogen-bond acceptors (Lipinski definition) is 6. The second kappa shape index (κ2) is 7.33. The van der Waals surface area contributed by atoms with Crippen molar-refractivity contribution in [1.82, 2.24) is 0 Å². The summed E-state index contributed by atoms with van der Waals surface area (Å²) in [6, 6.07) is 13.5. The largest absolute Gasteiger partial charge is 0.508 e. The molecule has 1 N–H and O–H groups in total. The zero-order chi connectivity index (χ0) is 19.7. The number of fused-ring (bicyclic) bond motifs is 3. The molecule has 3 aromatic rings. The number of nitrogens with zero attached hydrogens (tertiary/aromatic N) is 2. The first-order chi connectivity index (χ1) is 13.6. The number of ether oxygens (including phenoxy) is 2. The third kappa shape index (κ3) is 2.98. The summed E-state index contributed by atoms with van der Waals surface area (Å²) >= 11 is 1.25. The van der Waals surface area contributed by atoms with Gasteiger partial charge in [-0.2, -0.15) is 10.3 Å². The van der Waals surface area contributed by atoms with E-state index >= 15 is 0 Å². The molecule has 0 bridgehead atoms. The van der Waals surface area contributed by atoms with Crippen LogP contribution in [0.5, 0.6) is 11.5 Å². The van der Waals surface area contributed by atoms with Gasteiger partial charge in [-0.25, -0.2) is 4.39 Å². The van der Waals surface area contributed by atoms with Crippen LogP contribution in [0.3, 0.4) is 0 Å². The van der Waals surface area contributed by atoms with Crippen LogP contribution in [-0.2, 0) is 4.74 Å². The Kier molecular flexibility index (Phi) is 4.72. The number of phenolic OH excluding ortho intramolecular Hbond substituents is 1. The standard InChI is InChI=1S/C21H15FN2O3S/c1-2-26-11-24-21-15(10-23)17(12-6-8-13(25)9-7-12)20-18(27-21)14-4-3-5-16(22)19(14)28-20/h3-9,11,17,25H,2H2,1H3/b24-11+. The van der Waals surface area contributed by atoms with Crippen molar-refractivity contribution < 1.29 is 19.0 Å². The van der Waals surface area contributed by atoms with Crippen LogP contribution in [0.25, 0.3) is 10.1 Å². The van der Waals surface area contributed by atoms with Crippen LogP contribution in [0.15, 0.2) is 58.9 Å². The highest BCUT2D eigenvalue weighted by atomic mass is 32.1. The van der Waals surface area contributed by atoms with E-state index in [0.717, 1.165) is 10.4 Å². The quantitative estimate of drug-likeness (QED) is 0.495. The molecule has 2 aromatic carbocycles. The summed E-state index contributed by atoms with van der Waals surface area (Å²) in [7, 11) is 0. The molecule has 0 saturated carbocycles.